The van der Waals surface area contributed by atoms with Gasteiger partial charge in [-0.15, -0.1) is 0 Å². The van der Waals surface area contributed by atoms with Gasteiger partial charge in [0.2, 0.25) is 0 Å². The van der Waals surface area contributed by atoms with Gasteiger partial charge in [-0.3, -0.25) is 19.3 Å². The molecule has 11 nitrogen and oxygen atoms in total. The summed E-state index contributed by atoms with van der Waals surface area (Å²) in [6, 6.07) is 22.4. The van der Waals surface area contributed by atoms with Gasteiger partial charge in [0, 0.05) is 54.0 Å². The molecule has 4 rings (SSSR count). The third-order valence-corrected chi connectivity index (χ3v) is 8.59. The van der Waals surface area contributed by atoms with E-state index in [4.69, 9.17) is 20.9 Å². The lowest BCUT2D eigenvalue weighted by atomic mass is 10.0. The number of amides is 2. The van der Waals surface area contributed by atoms with Crippen LogP contribution in [-0.2, 0) is 4.79 Å². The number of carbonyl (C=O) groups excluding carboxylic acids is 3. The molecule has 1 atom stereocenters. The normalized spacial score (nSPS) is 11.8. The highest BCUT2D eigenvalue weighted by Gasteiger charge is 2.22. The monoisotopic (exact) mass is 714 g/mol. The Morgan fingerprint density at radius 3 is 2.49 bits per heavy atom. The molecule has 0 aliphatic heterocycles. The summed E-state index contributed by atoms with van der Waals surface area (Å²) in [7, 11) is 1.38. The number of nitrogens with one attached hydrogen (secondary N) is 1. The van der Waals surface area contributed by atoms with Gasteiger partial charge in [0.05, 0.1) is 13.5 Å². The molecule has 0 aliphatic rings. The standard InChI is InChI=1S/C38H43FN6O5S/c1-3-4-5-8-22-51-38(48)44-36(41)26-13-16-30(17-14-26)43-25-31(40)27-10-9-11-28(23-27)37(47)45(34-12-6-7-20-42-34)21-19-35(46)50-33-24-29(39)15-18-32(33)49-2/h6-7,9-18,20,23-24,31,43H,3-5,8,19,21-22,25,40H2,1-2H3,(H2,41,44,48). The van der Waals surface area contributed by atoms with Gasteiger partial charge in [-0.2, -0.15) is 4.99 Å². The molecule has 2 amide bonds. The van der Waals surface area contributed by atoms with E-state index in [9.17, 15) is 18.8 Å². The average Bonchev–Trinajstić information content (AvgIpc) is 3.14. The molecule has 1 aromatic heterocycles. The number of halogens is 1. The number of benzene rings is 3. The zero-order valence-corrected chi connectivity index (χ0v) is 29.5. The van der Waals surface area contributed by atoms with Gasteiger partial charge in [-0.25, -0.2) is 9.37 Å². The van der Waals surface area contributed by atoms with Gasteiger partial charge in [0.15, 0.2) is 11.5 Å². The number of amidine groups is 1. The third-order valence-electron chi connectivity index (χ3n) is 7.76. The fourth-order valence-corrected chi connectivity index (χ4v) is 5.67. The van der Waals surface area contributed by atoms with E-state index in [0.29, 0.717) is 29.1 Å². The van der Waals surface area contributed by atoms with Crippen LogP contribution in [0.15, 0.2) is 96.1 Å². The number of anilines is 2. The molecule has 0 aliphatic carbocycles. The highest BCUT2D eigenvalue weighted by atomic mass is 32.2. The van der Waals surface area contributed by atoms with E-state index in [-0.39, 0.29) is 35.5 Å². The summed E-state index contributed by atoms with van der Waals surface area (Å²) in [6.45, 7) is 2.44. The number of methoxy groups -OCH3 is 1. The summed E-state index contributed by atoms with van der Waals surface area (Å²) in [5.41, 5.74) is 15.1. The Hall–Kier alpha value is -5.27. The molecule has 268 valence electrons. The number of ether oxygens (including phenoxy) is 2. The zero-order valence-electron chi connectivity index (χ0n) is 28.7. The predicted molar refractivity (Wildman–Crippen MR) is 200 cm³/mol. The number of hydrogen-bond donors (Lipinski definition) is 3. The van der Waals surface area contributed by atoms with E-state index < -0.39 is 23.7 Å². The molecule has 0 spiro atoms. The summed E-state index contributed by atoms with van der Waals surface area (Å²) in [5, 5.41) is 2.99. The fourth-order valence-electron chi connectivity index (χ4n) is 4.99. The summed E-state index contributed by atoms with van der Waals surface area (Å²) >= 11 is 1.18. The van der Waals surface area contributed by atoms with Crippen LogP contribution < -0.4 is 31.2 Å². The highest BCUT2D eigenvalue weighted by Crippen LogP contribution is 2.28. The first-order chi connectivity index (χ1) is 24.7. The molecule has 3 aromatic carbocycles. The van der Waals surface area contributed by atoms with Gasteiger partial charge in [-0.05, 0) is 72.6 Å². The van der Waals surface area contributed by atoms with E-state index >= 15 is 0 Å². The number of aliphatic imine (C=N–C) groups is 1. The van der Waals surface area contributed by atoms with Crippen LogP contribution in [0.1, 0.15) is 66.6 Å². The van der Waals surface area contributed by atoms with E-state index in [2.05, 4.69) is 22.2 Å². The number of nitrogens with zero attached hydrogens (tertiary/aromatic N) is 3. The minimum absolute atomic E-state index is 0.0542. The van der Waals surface area contributed by atoms with E-state index in [1.165, 1.54) is 35.9 Å². The van der Waals surface area contributed by atoms with Crippen molar-refractivity contribution in [1.29, 1.82) is 0 Å². The Kier molecular flexibility index (Phi) is 15.0. The molecule has 0 saturated heterocycles. The van der Waals surface area contributed by atoms with Crippen LogP contribution >= 0.6 is 11.8 Å². The Morgan fingerprint density at radius 1 is 0.961 bits per heavy atom. The molecule has 0 fully saturated rings. The van der Waals surface area contributed by atoms with Gasteiger partial charge in [0.25, 0.3) is 5.91 Å². The maximum atomic E-state index is 13.8. The number of nitrogens with two attached hydrogens (primary N) is 2. The van der Waals surface area contributed by atoms with Gasteiger partial charge in [0.1, 0.15) is 17.5 Å². The van der Waals surface area contributed by atoms with Crippen LogP contribution in [0.4, 0.5) is 20.7 Å². The summed E-state index contributed by atoms with van der Waals surface area (Å²) in [4.78, 5) is 48.5. The van der Waals surface area contributed by atoms with Crippen LogP contribution in [0.25, 0.3) is 0 Å². The molecular formula is C38H43FN6O5S. The topological polar surface area (TPSA) is 162 Å². The van der Waals surface area contributed by atoms with Crippen molar-refractivity contribution in [3.8, 4) is 11.5 Å². The first-order valence-electron chi connectivity index (χ1n) is 16.7. The number of esters is 1. The molecule has 13 heteroatoms. The van der Waals surface area contributed by atoms with Crippen molar-refractivity contribution >= 4 is 46.2 Å². The van der Waals surface area contributed by atoms with Crippen molar-refractivity contribution in [2.24, 2.45) is 16.5 Å². The van der Waals surface area contributed by atoms with Crippen LogP contribution in [0.5, 0.6) is 11.5 Å². The second kappa shape index (κ2) is 19.8. The molecule has 0 bridgehead atoms. The van der Waals surface area contributed by atoms with Crippen molar-refractivity contribution in [3.05, 3.63) is 114 Å². The zero-order chi connectivity index (χ0) is 36.6. The van der Waals surface area contributed by atoms with Crippen molar-refractivity contribution in [2.75, 3.05) is 36.2 Å². The Morgan fingerprint density at radius 2 is 1.76 bits per heavy atom. The highest BCUT2D eigenvalue weighted by molar-refractivity contribution is 8.13. The third kappa shape index (κ3) is 11.9. The first kappa shape index (κ1) is 38.5. The van der Waals surface area contributed by atoms with E-state index in [1.54, 1.807) is 54.7 Å². The van der Waals surface area contributed by atoms with Crippen LogP contribution in [0.3, 0.4) is 0 Å². The molecule has 4 aromatic rings. The Bertz CT molecular complexity index is 1790. The number of rotatable bonds is 17. The van der Waals surface area contributed by atoms with Gasteiger partial charge in [-0.1, -0.05) is 56.1 Å². The minimum Gasteiger partial charge on any atom is -0.493 e. The second-order valence-corrected chi connectivity index (χ2v) is 12.6. The minimum atomic E-state index is -0.682. The number of hydrogen-bond acceptors (Lipinski definition) is 9. The lowest BCUT2D eigenvalue weighted by molar-refractivity contribution is -0.134. The number of carbonyl (C=O) groups is 3. The Labute approximate surface area is 301 Å². The largest absolute Gasteiger partial charge is 0.493 e. The van der Waals surface area contributed by atoms with Crippen molar-refractivity contribution in [1.82, 2.24) is 4.98 Å². The van der Waals surface area contributed by atoms with Crippen LogP contribution in [0.2, 0.25) is 0 Å². The molecule has 51 heavy (non-hydrogen) atoms. The second-order valence-electron chi connectivity index (χ2n) is 11.5. The lowest BCUT2D eigenvalue weighted by Gasteiger charge is -2.22. The maximum absolute atomic E-state index is 13.8. The SMILES string of the molecule is CCCCCCSC(=O)/N=C(\N)c1ccc(NCC(N)c2cccc(C(=O)N(CCC(=O)Oc3cc(F)ccc3OC)c3ccccn3)c2)cc1. The van der Waals surface area contributed by atoms with E-state index in [1.807, 2.05) is 18.2 Å². The van der Waals surface area contributed by atoms with Crippen molar-refractivity contribution in [3.63, 3.8) is 0 Å². The summed E-state index contributed by atoms with van der Waals surface area (Å²) in [6.07, 6.45) is 5.72. The first-order valence-corrected chi connectivity index (χ1v) is 17.6. The molecule has 5 N–H and O–H groups in total. The van der Waals surface area contributed by atoms with Gasteiger partial charge >= 0.3 is 11.2 Å². The number of aromatic nitrogens is 1. The molecule has 0 saturated carbocycles. The summed E-state index contributed by atoms with van der Waals surface area (Å²) in [5.74, 6) is -0.288. The number of unbranched alkanes of at least 4 members (excludes halogenated alkanes) is 3. The molecule has 1 unspecified atom stereocenters. The quantitative estimate of drug-likeness (QED) is 0.0337. The van der Waals surface area contributed by atoms with Gasteiger partial charge < -0.3 is 26.3 Å². The molecule has 0 radical (unpaired) electrons. The number of thioether (sulfide) groups is 1. The van der Waals surface area contributed by atoms with Crippen LogP contribution in [-0.4, -0.2) is 53.9 Å². The van der Waals surface area contributed by atoms with Crippen molar-refractivity contribution < 1.29 is 28.2 Å². The summed E-state index contributed by atoms with van der Waals surface area (Å²) < 4.78 is 24.3. The predicted octanol–water partition coefficient (Wildman–Crippen LogP) is 7.12. The van der Waals surface area contributed by atoms with Crippen molar-refractivity contribution in [2.45, 2.75) is 45.1 Å². The van der Waals surface area contributed by atoms with Crippen LogP contribution in [0, 0.1) is 5.82 Å². The maximum Gasteiger partial charge on any atom is 0.313 e. The Balaban J connectivity index is 1.36. The molecule has 1 heterocycles. The van der Waals surface area contributed by atoms with E-state index in [0.717, 1.165) is 43.2 Å². The molecular weight excluding hydrogens is 672 g/mol. The number of pyridine rings is 1. The average molecular weight is 715 g/mol. The lowest BCUT2D eigenvalue weighted by Crippen LogP contribution is -2.34. The smallest absolute Gasteiger partial charge is 0.313 e. The fraction of sp³-hybridized carbons (Fsp3) is 0.289.